The lowest BCUT2D eigenvalue weighted by Crippen LogP contribution is -2.48. The highest BCUT2D eigenvalue weighted by atomic mass is 16.5. The van der Waals surface area contributed by atoms with Crippen molar-refractivity contribution in [3.8, 4) is 0 Å². The molecule has 1 fully saturated rings. The second kappa shape index (κ2) is 7.82. The fraction of sp³-hybridized carbons (Fsp3) is 0.929. The molecule has 0 aromatic carbocycles. The molecule has 1 aliphatic heterocycles. The number of carbonyl (C=O) groups excluding carboxylic acids is 1. The van der Waals surface area contributed by atoms with E-state index in [4.69, 9.17) is 4.74 Å². The fourth-order valence-electron chi connectivity index (χ4n) is 2.23. The maximum absolute atomic E-state index is 11.7. The summed E-state index contributed by atoms with van der Waals surface area (Å²) in [6, 6.07) is 0.448. The minimum Gasteiger partial charge on any atom is -0.396 e. The average Bonchev–Trinajstić information content (AvgIpc) is 2.45. The first-order valence-electron chi connectivity index (χ1n) is 7.15. The minimum atomic E-state index is -0.0387. The Labute approximate surface area is 116 Å². The van der Waals surface area contributed by atoms with Crippen LogP contribution in [0.4, 0.5) is 0 Å². The molecule has 0 aromatic rings. The van der Waals surface area contributed by atoms with Crippen molar-refractivity contribution >= 4 is 5.91 Å². The Morgan fingerprint density at radius 2 is 2.11 bits per heavy atom. The van der Waals surface area contributed by atoms with Gasteiger partial charge in [-0.05, 0) is 19.3 Å². The summed E-state index contributed by atoms with van der Waals surface area (Å²) in [5.74, 6) is 0.0784. The molecule has 0 spiro atoms. The highest BCUT2D eigenvalue weighted by molar-refractivity contribution is 5.77. The molecule has 0 radical (unpaired) electrons. The van der Waals surface area contributed by atoms with Gasteiger partial charge < -0.3 is 20.1 Å². The minimum absolute atomic E-state index is 0.0387. The SMILES string of the molecule is CCC(C)(CO)CNC1CCN(C(=O)COC)CC1. The third-order valence-corrected chi connectivity index (χ3v) is 4.17. The highest BCUT2D eigenvalue weighted by Crippen LogP contribution is 2.20. The van der Waals surface area contributed by atoms with Gasteiger partial charge >= 0.3 is 0 Å². The van der Waals surface area contributed by atoms with Crippen molar-refractivity contribution < 1.29 is 14.6 Å². The summed E-state index contributed by atoms with van der Waals surface area (Å²) in [4.78, 5) is 13.5. The largest absolute Gasteiger partial charge is 0.396 e. The van der Waals surface area contributed by atoms with E-state index in [0.29, 0.717) is 6.04 Å². The summed E-state index contributed by atoms with van der Waals surface area (Å²) in [6.45, 7) is 7.00. The van der Waals surface area contributed by atoms with Gasteiger partial charge in [0.1, 0.15) is 6.61 Å². The van der Waals surface area contributed by atoms with Gasteiger partial charge in [-0.2, -0.15) is 0 Å². The molecule has 2 N–H and O–H groups in total. The Morgan fingerprint density at radius 3 is 2.58 bits per heavy atom. The smallest absolute Gasteiger partial charge is 0.248 e. The number of methoxy groups -OCH3 is 1. The van der Waals surface area contributed by atoms with Crippen LogP contribution in [0.2, 0.25) is 0 Å². The van der Waals surface area contributed by atoms with E-state index < -0.39 is 0 Å². The molecule has 5 nitrogen and oxygen atoms in total. The number of likely N-dealkylation sites (tertiary alicyclic amines) is 1. The Bertz CT molecular complexity index is 272. The summed E-state index contributed by atoms with van der Waals surface area (Å²) in [6.07, 6.45) is 2.91. The summed E-state index contributed by atoms with van der Waals surface area (Å²) in [5.41, 5.74) is -0.0387. The average molecular weight is 272 g/mol. The van der Waals surface area contributed by atoms with E-state index in [0.717, 1.165) is 38.9 Å². The van der Waals surface area contributed by atoms with Crippen LogP contribution >= 0.6 is 0 Å². The fourth-order valence-corrected chi connectivity index (χ4v) is 2.23. The van der Waals surface area contributed by atoms with Gasteiger partial charge in [0.2, 0.25) is 5.91 Å². The summed E-state index contributed by atoms with van der Waals surface area (Å²) < 4.78 is 4.87. The second-order valence-corrected chi connectivity index (χ2v) is 5.79. The number of aliphatic hydroxyl groups is 1. The second-order valence-electron chi connectivity index (χ2n) is 5.79. The van der Waals surface area contributed by atoms with Crippen molar-refractivity contribution in [3.05, 3.63) is 0 Å². The molecular formula is C14H28N2O3. The number of nitrogens with one attached hydrogen (secondary N) is 1. The standard InChI is InChI=1S/C14H28N2O3/c1-4-14(2,11-17)10-15-12-5-7-16(8-6-12)13(18)9-19-3/h12,15,17H,4-11H2,1-3H3. The van der Waals surface area contributed by atoms with Gasteiger partial charge in [0.25, 0.3) is 0 Å². The molecule has 19 heavy (non-hydrogen) atoms. The van der Waals surface area contributed by atoms with Crippen molar-refractivity contribution in [2.45, 2.75) is 39.2 Å². The Morgan fingerprint density at radius 1 is 1.47 bits per heavy atom. The molecule has 0 aliphatic carbocycles. The maximum Gasteiger partial charge on any atom is 0.248 e. The molecule has 1 amide bonds. The highest BCUT2D eigenvalue weighted by Gasteiger charge is 2.25. The molecule has 1 aliphatic rings. The van der Waals surface area contributed by atoms with Crippen LogP contribution in [-0.2, 0) is 9.53 Å². The summed E-state index contributed by atoms with van der Waals surface area (Å²) >= 11 is 0. The lowest BCUT2D eigenvalue weighted by molar-refractivity contribution is -0.136. The van der Waals surface area contributed by atoms with Crippen LogP contribution < -0.4 is 5.32 Å². The molecule has 1 saturated heterocycles. The van der Waals surface area contributed by atoms with Crippen LogP contribution in [0.3, 0.4) is 0 Å². The first kappa shape index (κ1) is 16.4. The van der Waals surface area contributed by atoms with Gasteiger partial charge in [-0.25, -0.2) is 0 Å². The van der Waals surface area contributed by atoms with Crippen molar-refractivity contribution in [2.24, 2.45) is 5.41 Å². The number of piperidine rings is 1. The number of hydrogen-bond acceptors (Lipinski definition) is 4. The molecule has 0 saturated carbocycles. The van der Waals surface area contributed by atoms with Gasteiger partial charge in [0.05, 0.1) is 0 Å². The Kier molecular flexibility index (Phi) is 6.75. The monoisotopic (exact) mass is 272 g/mol. The van der Waals surface area contributed by atoms with Crippen LogP contribution in [0.25, 0.3) is 0 Å². The maximum atomic E-state index is 11.7. The number of rotatable bonds is 7. The Hall–Kier alpha value is -0.650. The van der Waals surface area contributed by atoms with E-state index in [-0.39, 0.29) is 24.5 Å². The van der Waals surface area contributed by atoms with Crippen LogP contribution in [0, 0.1) is 5.41 Å². The lowest BCUT2D eigenvalue weighted by Gasteiger charge is -2.35. The molecule has 5 heteroatoms. The van der Waals surface area contributed by atoms with Crippen molar-refractivity contribution in [2.75, 3.05) is 40.0 Å². The van der Waals surface area contributed by atoms with E-state index in [1.54, 1.807) is 7.11 Å². The number of hydrogen-bond donors (Lipinski definition) is 2. The number of ether oxygens (including phenoxy) is 1. The van der Waals surface area contributed by atoms with E-state index in [1.807, 2.05) is 4.90 Å². The molecule has 1 rings (SSSR count). The number of aliphatic hydroxyl groups excluding tert-OH is 1. The number of amides is 1. The zero-order chi connectivity index (χ0) is 14.3. The topological polar surface area (TPSA) is 61.8 Å². The van der Waals surface area contributed by atoms with Crippen molar-refractivity contribution in [1.82, 2.24) is 10.2 Å². The molecule has 1 heterocycles. The van der Waals surface area contributed by atoms with Crippen LogP contribution in [0.15, 0.2) is 0 Å². The molecule has 1 unspecified atom stereocenters. The third kappa shape index (κ3) is 5.09. The molecule has 112 valence electrons. The first-order chi connectivity index (χ1) is 9.04. The van der Waals surface area contributed by atoms with Gasteiger partial charge in [0, 0.05) is 44.8 Å². The van der Waals surface area contributed by atoms with Crippen LogP contribution in [0.5, 0.6) is 0 Å². The molecular weight excluding hydrogens is 244 g/mol. The van der Waals surface area contributed by atoms with E-state index in [1.165, 1.54) is 0 Å². The first-order valence-corrected chi connectivity index (χ1v) is 7.15. The third-order valence-electron chi connectivity index (χ3n) is 4.17. The van der Waals surface area contributed by atoms with E-state index >= 15 is 0 Å². The van der Waals surface area contributed by atoms with Gasteiger partial charge in [-0.3, -0.25) is 4.79 Å². The summed E-state index contributed by atoms with van der Waals surface area (Å²) in [7, 11) is 1.55. The van der Waals surface area contributed by atoms with E-state index in [2.05, 4.69) is 19.2 Å². The normalized spacial score (nSPS) is 20.3. The predicted octanol–water partition coefficient (Wildman–Crippen LogP) is 0.622. The van der Waals surface area contributed by atoms with Crippen molar-refractivity contribution in [3.63, 3.8) is 0 Å². The van der Waals surface area contributed by atoms with Gasteiger partial charge in [0.15, 0.2) is 0 Å². The Balaban J connectivity index is 2.29. The number of carbonyl (C=O) groups is 1. The summed E-state index contributed by atoms with van der Waals surface area (Å²) in [5, 5.41) is 12.9. The number of nitrogens with zero attached hydrogens (tertiary/aromatic N) is 1. The van der Waals surface area contributed by atoms with E-state index in [9.17, 15) is 9.90 Å². The van der Waals surface area contributed by atoms with Gasteiger partial charge in [-0.15, -0.1) is 0 Å². The molecule has 1 atom stereocenters. The quantitative estimate of drug-likeness (QED) is 0.713. The molecule has 0 aromatic heterocycles. The predicted molar refractivity (Wildman–Crippen MR) is 75.0 cm³/mol. The van der Waals surface area contributed by atoms with Crippen molar-refractivity contribution in [1.29, 1.82) is 0 Å². The zero-order valence-corrected chi connectivity index (χ0v) is 12.4. The van der Waals surface area contributed by atoms with Crippen LogP contribution in [-0.4, -0.2) is 61.9 Å². The van der Waals surface area contributed by atoms with Gasteiger partial charge in [-0.1, -0.05) is 13.8 Å². The molecule has 0 bridgehead atoms. The lowest BCUT2D eigenvalue weighted by atomic mass is 9.88. The zero-order valence-electron chi connectivity index (χ0n) is 12.4. The van der Waals surface area contributed by atoms with Crippen LogP contribution in [0.1, 0.15) is 33.1 Å².